The van der Waals surface area contributed by atoms with Crippen LogP contribution in [0.3, 0.4) is 0 Å². The predicted molar refractivity (Wildman–Crippen MR) is 65.1 cm³/mol. The Hall–Kier alpha value is -0.0800. The van der Waals surface area contributed by atoms with Crippen molar-refractivity contribution in [1.29, 1.82) is 0 Å². The summed E-state index contributed by atoms with van der Waals surface area (Å²) < 4.78 is 0. The lowest BCUT2D eigenvalue weighted by Gasteiger charge is -2.23. The second-order valence-electron chi connectivity index (χ2n) is 5.70. The van der Waals surface area contributed by atoms with E-state index in [9.17, 15) is 0 Å². The zero-order chi connectivity index (χ0) is 10.7. The molecule has 0 aromatic heterocycles. The van der Waals surface area contributed by atoms with Gasteiger partial charge >= 0.3 is 0 Å². The molecule has 2 nitrogen and oxygen atoms in total. The maximum Gasteiger partial charge on any atom is 0.00965 e. The molecule has 0 aromatic carbocycles. The third-order valence-electron chi connectivity index (χ3n) is 3.30. The molecule has 1 N–H and O–H groups in total. The molecule has 0 amide bonds. The number of nitrogens with zero attached hydrogens (tertiary/aromatic N) is 1. The summed E-state index contributed by atoms with van der Waals surface area (Å²) in [7, 11) is 0. The number of nitrogens with one attached hydrogen (secondary N) is 1. The first-order valence-corrected chi connectivity index (χ1v) is 6.73. The van der Waals surface area contributed by atoms with Crippen molar-refractivity contribution >= 4 is 0 Å². The van der Waals surface area contributed by atoms with E-state index in [4.69, 9.17) is 0 Å². The van der Waals surface area contributed by atoms with Gasteiger partial charge in [-0.2, -0.15) is 0 Å². The summed E-state index contributed by atoms with van der Waals surface area (Å²) in [4.78, 5) is 2.71. The van der Waals surface area contributed by atoms with E-state index in [1.165, 1.54) is 51.7 Å². The highest BCUT2D eigenvalue weighted by Gasteiger charge is 2.28. The fourth-order valence-corrected chi connectivity index (χ4v) is 2.21. The average Bonchev–Trinajstić information content (AvgIpc) is 3.01. The molecule has 0 atom stereocenters. The molecule has 0 saturated heterocycles. The molecule has 0 aliphatic heterocycles. The molecule has 0 aromatic rings. The monoisotopic (exact) mass is 210 g/mol. The first-order chi connectivity index (χ1) is 7.25. The van der Waals surface area contributed by atoms with E-state index in [-0.39, 0.29) is 0 Å². The Morgan fingerprint density at radius 1 is 1.20 bits per heavy atom. The largest absolute Gasteiger partial charge is 0.314 e. The molecule has 2 aliphatic carbocycles. The Morgan fingerprint density at radius 3 is 2.47 bits per heavy atom. The van der Waals surface area contributed by atoms with Crippen LogP contribution in [-0.4, -0.2) is 36.6 Å². The fraction of sp³-hybridized carbons (Fsp3) is 1.00. The summed E-state index contributed by atoms with van der Waals surface area (Å²) in [6.07, 6.45) is 7.06. The van der Waals surface area contributed by atoms with Gasteiger partial charge in [0.1, 0.15) is 0 Å². The minimum atomic E-state index is 0.821. The molecule has 2 rings (SSSR count). The number of hydrogen-bond acceptors (Lipinski definition) is 2. The lowest BCUT2D eigenvalue weighted by molar-refractivity contribution is 0.231. The van der Waals surface area contributed by atoms with E-state index in [1.807, 2.05) is 0 Å². The molecule has 0 heterocycles. The summed E-state index contributed by atoms with van der Waals surface area (Å²) in [5, 5.41) is 3.60. The molecule has 2 heteroatoms. The van der Waals surface area contributed by atoms with E-state index in [0.717, 1.165) is 18.0 Å². The highest BCUT2D eigenvalue weighted by atomic mass is 15.2. The van der Waals surface area contributed by atoms with Gasteiger partial charge in [-0.05, 0) is 51.1 Å². The second-order valence-corrected chi connectivity index (χ2v) is 5.70. The van der Waals surface area contributed by atoms with Crippen LogP contribution < -0.4 is 5.32 Å². The lowest BCUT2D eigenvalue weighted by atomic mass is 10.2. The van der Waals surface area contributed by atoms with Crippen LogP contribution in [-0.2, 0) is 0 Å². The summed E-state index contributed by atoms with van der Waals surface area (Å²) in [5.74, 6) is 0.821. The molecular weight excluding hydrogens is 184 g/mol. The van der Waals surface area contributed by atoms with Crippen molar-refractivity contribution in [2.45, 2.75) is 58.0 Å². The van der Waals surface area contributed by atoms with Crippen molar-refractivity contribution in [3.63, 3.8) is 0 Å². The summed E-state index contributed by atoms with van der Waals surface area (Å²) >= 11 is 0. The van der Waals surface area contributed by atoms with Crippen LogP contribution in [0.4, 0.5) is 0 Å². The second kappa shape index (κ2) is 5.31. The van der Waals surface area contributed by atoms with Crippen LogP contribution in [0.5, 0.6) is 0 Å². The van der Waals surface area contributed by atoms with Gasteiger partial charge in [0.05, 0.1) is 0 Å². The zero-order valence-corrected chi connectivity index (χ0v) is 10.3. The molecule has 2 saturated carbocycles. The van der Waals surface area contributed by atoms with Gasteiger partial charge in [-0.3, -0.25) is 0 Å². The SMILES string of the molecule is CC(C)CN(CCCNC1CC1)C1CC1. The fourth-order valence-electron chi connectivity index (χ4n) is 2.21. The Labute approximate surface area is 94.4 Å². The molecule has 2 aliphatic rings. The van der Waals surface area contributed by atoms with E-state index in [0.29, 0.717) is 0 Å². The van der Waals surface area contributed by atoms with E-state index in [1.54, 1.807) is 0 Å². The van der Waals surface area contributed by atoms with Crippen LogP contribution in [0.25, 0.3) is 0 Å². The van der Waals surface area contributed by atoms with Crippen LogP contribution in [0.15, 0.2) is 0 Å². The van der Waals surface area contributed by atoms with E-state index < -0.39 is 0 Å². The first-order valence-electron chi connectivity index (χ1n) is 6.73. The van der Waals surface area contributed by atoms with Gasteiger partial charge in [-0.25, -0.2) is 0 Å². The van der Waals surface area contributed by atoms with Gasteiger partial charge in [0, 0.05) is 18.6 Å². The van der Waals surface area contributed by atoms with Crippen LogP contribution in [0, 0.1) is 5.92 Å². The third kappa shape index (κ3) is 4.52. The Balaban J connectivity index is 1.55. The zero-order valence-electron chi connectivity index (χ0n) is 10.3. The smallest absolute Gasteiger partial charge is 0.00965 e. The maximum absolute atomic E-state index is 3.60. The molecule has 0 radical (unpaired) electrons. The standard InChI is InChI=1S/C13H26N2/c1-11(2)10-15(13-6-7-13)9-3-8-14-12-4-5-12/h11-14H,3-10H2,1-2H3. The summed E-state index contributed by atoms with van der Waals surface area (Å²) in [5.41, 5.74) is 0. The highest BCUT2D eigenvalue weighted by molar-refractivity contribution is 4.85. The molecule has 2 fully saturated rings. The van der Waals surface area contributed by atoms with Gasteiger partial charge in [-0.1, -0.05) is 13.8 Å². The number of rotatable bonds is 8. The highest BCUT2D eigenvalue weighted by Crippen LogP contribution is 2.27. The minimum absolute atomic E-state index is 0.821. The molecule has 15 heavy (non-hydrogen) atoms. The minimum Gasteiger partial charge on any atom is -0.314 e. The summed E-state index contributed by atoms with van der Waals surface area (Å²) in [6.45, 7) is 8.50. The molecule has 0 bridgehead atoms. The predicted octanol–water partition coefficient (Wildman–Crippen LogP) is 2.25. The molecule has 0 unspecified atom stereocenters. The van der Waals surface area contributed by atoms with E-state index >= 15 is 0 Å². The Bertz CT molecular complexity index is 183. The van der Waals surface area contributed by atoms with Crippen molar-refractivity contribution in [3.05, 3.63) is 0 Å². The molecule has 0 spiro atoms. The Kier molecular flexibility index (Phi) is 4.04. The van der Waals surface area contributed by atoms with Gasteiger partial charge in [-0.15, -0.1) is 0 Å². The quantitative estimate of drug-likeness (QED) is 0.618. The van der Waals surface area contributed by atoms with Crippen LogP contribution in [0.2, 0.25) is 0 Å². The van der Waals surface area contributed by atoms with Gasteiger partial charge < -0.3 is 10.2 Å². The van der Waals surface area contributed by atoms with Crippen LogP contribution >= 0.6 is 0 Å². The van der Waals surface area contributed by atoms with Crippen molar-refractivity contribution in [2.75, 3.05) is 19.6 Å². The first kappa shape index (κ1) is 11.4. The van der Waals surface area contributed by atoms with Crippen molar-refractivity contribution in [1.82, 2.24) is 10.2 Å². The Morgan fingerprint density at radius 2 is 1.93 bits per heavy atom. The summed E-state index contributed by atoms with van der Waals surface area (Å²) in [6, 6.07) is 1.82. The van der Waals surface area contributed by atoms with Crippen molar-refractivity contribution in [3.8, 4) is 0 Å². The van der Waals surface area contributed by atoms with Gasteiger partial charge in [0.25, 0.3) is 0 Å². The van der Waals surface area contributed by atoms with Crippen LogP contribution in [0.1, 0.15) is 46.0 Å². The normalized spacial score (nSPS) is 21.6. The van der Waals surface area contributed by atoms with Gasteiger partial charge in [0.2, 0.25) is 0 Å². The molecular formula is C13H26N2. The maximum atomic E-state index is 3.60. The topological polar surface area (TPSA) is 15.3 Å². The molecule has 88 valence electrons. The lowest BCUT2D eigenvalue weighted by Crippen LogP contribution is -2.32. The number of hydrogen-bond donors (Lipinski definition) is 1. The van der Waals surface area contributed by atoms with Crippen molar-refractivity contribution < 1.29 is 0 Å². The van der Waals surface area contributed by atoms with E-state index in [2.05, 4.69) is 24.1 Å². The van der Waals surface area contributed by atoms with Gasteiger partial charge in [0.15, 0.2) is 0 Å². The van der Waals surface area contributed by atoms with Crippen molar-refractivity contribution in [2.24, 2.45) is 5.92 Å². The third-order valence-corrected chi connectivity index (χ3v) is 3.30. The average molecular weight is 210 g/mol.